The van der Waals surface area contributed by atoms with Crippen LogP contribution in [0.25, 0.3) is 5.52 Å². The number of carboxylic acids is 1. The molecule has 3 N–H and O–H groups in total. The summed E-state index contributed by atoms with van der Waals surface area (Å²) in [4.78, 5) is 15.3. The van der Waals surface area contributed by atoms with Crippen LogP contribution < -0.4 is 5.32 Å². The van der Waals surface area contributed by atoms with Gasteiger partial charge in [-0.3, -0.25) is 0 Å². The van der Waals surface area contributed by atoms with Crippen molar-refractivity contribution in [2.45, 2.75) is 19.4 Å². The highest BCUT2D eigenvalue weighted by Crippen LogP contribution is 2.19. The number of nitrogens with zero attached hydrogens (tertiary/aromatic N) is 2. The number of aromatic carboxylic acids is 1. The van der Waals surface area contributed by atoms with Gasteiger partial charge in [-0.1, -0.05) is 0 Å². The van der Waals surface area contributed by atoms with Gasteiger partial charge in [-0.25, -0.2) is 9.78 Å². The highest BCUT2D eigenvalue weighted by Gasteiger charge is 2.18. The Balaban J connectivity index is 2.57. The first-order valence-electron chi connectivity index (χ1n) is 5.63. The maximum atomic E-state index is 11.1. The summed E-state index contributed by atoms with van der Waals surface area (Å²) in [5.41, 5.74) is 0.366. The first-order valence-corrected chi connectivity index (χ1v) is 5.63. The minimum Gasteiger partial charge on any atom is -0.508 e. The predicted octanol–water partition coefficient (Wildman–Crippen LogP) is 0.889. The minimum absolute atomic E-state index is 0.0260. The molecule has 6 heteroatoms. The summed E-state index contributed by atoms with van der Waals surface area (Å²) in [6.07, 6.45) is 2.23. The summed E-state index contributed by atoms with van der Waals surface area (Å²) in [6, 6.07) is 3.10. The third-order valence-electron chi connectivity index (χ3n) is 2.88. The van der Waals surface area contributed by atoms with E-state index >= 15 is 0 Å². The highest BCUT2D eigenvalue weighted by molar-refractivity contribution is 5.94. The first kappa shape index (κ1) is 12.4. The molecular weight excluding hydrogens is 234 g/mol. The molecule has 0 aromatic carbocycles. The number of carbonyl (C=O) groups is 1. The second-order valence-corrected chi connectivity index (χ2v) is 4.22. The fourth-order valence-electron chi connectivity index (χ4n) is 1.81. The Bertz CT molecular complexity index is 592. The lowest BCUT2D eigenvalue weighted by Crippen LogP contribution is -2.24. The van der Waals surface area contributed by atoms with Crippen LogP contribution in [0.3, 0.4) is 0 Å². The number of aromatic hydroxyl groups is 1. The average Bonchev–Trinajstić information content (AvgIpc) is 2.67. The van der Waals surface area contributed by atoms with Crippen molar-refractivity contribution < 1.29 is 15.0 Å². The molecule has 18 heavy (non-hydrogen) atoms. The maximum Gasteiger partial charge on any atom is 0.356 e. The molecule has 0 fully saturated rings. The van der Waals surface area contributed by atoms with Crippen molar-refractivity contribution in [1.29, 1.82) is 0 Å². The van der Waals surface area contributed by atoms with Crippen LogP contribution in [0.2, 0.25) is 0 Å². The van der Waals surface area contributed by atoms with Crippen molar-refractivity contribution in [3.63, 3.8) is 0 Å². The van der Waals surface area contributed by atoms with Crippen LogP contribution in [-0.2, 0) is 6.42 Å². The van der Waals surface area contributed by atoms with Crippen LogP contribution in [0.1, 0.15) is 23.2 Å². The molecule has 1 unspecified atom stereocenters. The third-order valence-corrected chi connectivity index (χ3v) is 2.88. The number of pyridine rings is 1. The van der Waals surface area contributed by atoms with Crippen molar-refractivity contribution in [2.75, 3.05) is 7.05 Å². The molecule has 1 atom stereocenters. The van der Waals surface area contributed by atoms with Crippen molar-refractivity contribution >= 4 is 11.5 Å². The van der Waals surface area contributed by atoms with E-state index in [2.05, 4.69) is 10.3 Å². The second kappa shape index (κ2) is 4.66. The standard InChI is InChI=1S/C12H15N3O3/c1-7(13-2)5-10-14-11(12(17)18)9-6-8(16)3-4-15(9)10/h3-4,6-7,13,16H,5H2,1-2H3,(H,17,18). The summed E-state index contributed by atoms with van der Waals surface area (Å²) in [7, 11) is 1.84. The maximum absolute atomic E-state index is 11.1. The quantitative estimate of drug-likeness (QED) is 0.749. The number of fused-ring (bicyclic) bond motifs is 1. The number of hydrogen-bond acceptors (Lipinski definition) is 4. The van der Waals surface area contributed by atoms with Gasteiger partial charge in [-0.15, -0.1) is 0 Å². The van der Waals surface area contributed by atoms with E-state index in [0.717, 1.165) is 0 Å². The Hall–Kier alpha value is -2.08. The SMILES string of the molecule is CNC(C)Cc1nc(C(=O)O)c2cc(O)ccn12. The van der Waals surface area contributed by atoms with Crippen LogP contribution in [0.15, 0.2) is 18.3 Å². The molecule has 0 saturated heterocycles. The summed E-state index contributed by atoms with van der Waals surface area (Å²) < 4.78 is 1.69. The molecule has 0 saturated carbocycles. The summed E-state index contributed by atoms with van der Waals surface area (Å²) in [6.45, 7) is 1.99. The second-order valence-electron chi connectivity index (χ2n) is 4.22. The van der Waals surface area contributed by atoms with Crippen molar-refractivity contribution in [3.8, 4) is 5.75 Å². The molecule has 2 aromatic heterocycles. The molecular formula is C12H15N3O3. The topological polar surface area (TPSA) is 86.9 Å². The molecule has 0 radical (unpaired) electrons. The number of rotatable bonds is 4. The first-order chi connectivity index (χ1) is 8.52. The number of imidazole rings is 1. The van der Waals surface area contributed by atoms with Gasteiger partial charge < -0.3 is 19.9 Å². The zero-order valence-electron chi connectivity index (χ0n) is 10.2. The number of nitrogens with one attached hydrogen (secondary N) is 1. The Morgan fingerprint density at radius 2 is 2.33 bits per heavy atom. The predicted molar refractivity (Wildman–Crippen MR) is 66.0 cm³/mol. The van der Waals surface area contributed by atoms with Gasteiger partial charge in [0.05, 0.1) is 5.52 Å². The minimum atomic E-state index is -1.10. The van der Waals surface area contributed by atoms with Gasteiger partial charge in [0.1, 0.15) is 11.6 Å². The van der Waals surface area contributed by atoms with Crippen molar-refractivity contribution in [1.82, 2.24) is 14.7 Å². The molecule has 0 spiro atoms. The fraction of sp³-hybridized carbons (Fsp3) is 0.333. The molecule has 2 rings (SSSR count). The zero-order chi connectivity index (χ0) is 13.3. The van der Waals surface area contributed by atoms with Crippen LogP contribution in [-0.4, -0.2) is 38.7 Å². The average molecular weight is 249 g/mol. The van der Waals surface area contributed by atoms with Gasteiger partial charge in [-0.2, -0.15) is 0 Å². The number of hydrogen-bond donors (Lipinski definition) is 3. The Kier molecular flexibility index (Phi) is 3.20. The van der Waals surface area contributed by atoms with Crippen LogP contribution in [0.5, 0.6) is 5.75 Å². The molecule has 6 nitrogen and oxygen atoms in total. The number of carboxylic acid groups (broad SMARTS) is 1. The van der Waals surface area contributed by atoms with Gasteiger partial charge in [0.25, 0.3) is 0 Å². The molecule has 0 aliphatic rings. The molecule has 96 valence electrons. The normalized spacial score (nSPS) is 12.8. The zero-order valence-corrected chi connectivity index (χ0v) is 10.2. The number of likely N-dealkylation sites (N-methyl/N-ethyl adjacent to an activating group) is 1. The van der Waals surface area contributed by atoms with Gasteiger partial charge in [-0.05, 0) is 20.0 Å². The van der Waals surface area contributed by atoms with Crippen LogP contribution in [0, 0.1) is 0 Å². The molecule has 0 bridgehead atoms. The van der Waals surface area contributed by atoms with E-state index in [0.29, 0.717) is 17.8 Å². The van der Waals surface area contributed by atoms with Crippen molar-refractivity contribution in [3.05, 3.63) is 29.8 Å². The lowest BCUT2D eigenvalue weighted by molar-refractivity contribution is 0.0693. The fourth-order valence-corrected chi connectivity index (χ4v) is 1.81. The molecule has 0 aliphatic carbocycles. The molecule has 0 aliphatic heterocycles. The number of aromatic nitrogens is 2. The van der Waals surface area contributed by atoms with E-state index in [1.54, 1.807) is 10.6 Å². The van der Waals surface area contributed by atoms with E-state index in [1.807, 2.05) is 14.0 Å². The van der Waals surface area contributed by atoms with Gasteiger partial charge in [0, 0.05) is 24.7 Å². The molecule has 2 heterocycles. The van der Waals surface area contributed by atoms with E-state index in [4.69, 9.17) is 5.11 Å². The monoisotopic (exact) mass is 249 g/mol. The Morgan fingerprint density at radius 3 is 2.94 bits per heavy atom. The van der Waals surface area contributed by atoms with Crippen molar-refractivity contribution in [2.24, 2.45) is 0 Å². The van der Waals surface area contributed by atoms with Gasteiger partial charge in [0.15, 0.2) is 5.69 Å². The lowest BCUT2D eigenvalue weighted by atomic mass is 10.2. The molecule has 2 aromatic rings. The summed E-state index contributed by atoms with van der Waals surface area (Å²) in [5, 5.41) is 21.6. The van der Waals surface area contributed by atoms with Crippen LogP contribution in [0.4, 0.5) is 0 Å². The van der Waals surface area contributed by atoms with E-state index in [9.17, 15) is 9.90 Å². The van der Waals surface area contributed by atoms with Crippen LogP contribution >= 0.6 is 0 Å². The third kappa shape index (κ3) is 2.14. The lowest BCUT2D eigenvalue weighted by Gasteiger charge is -2.08. The van der Waals surface area contributed by atoms with E-state index in [1.165, 1.54) is 12.1 Å². The van der Waals surface area contributed by atoms with Gasteiger partial charge in [0.2, 0.25) is 0 Å². The largest absolute Gasteiger partial charge is 0.508 e. The van der Waals surface area contributed by atoms with E-state index in [-0.39, 0.29) is 17.5 Å². The van der Waals surface area contributed by atoms with E-state index < -0.39 is 5.97 Å². The summed E-state index contributed by atoms with van der Waals surface area (Å²) in [5.74, 6) is -0.413. The Morgan fingerprint density at radius 1 is 1.61 bits per heavy atom. The van der Waals surface area contributed by atoms with Gasteiger partial charge >= 0.3 is 5.97 Å². The Labute approximate surface area is 104 Å². The molecule has 0 amide bonds. The smallest absolute Gasteiger partial charge is 0.356 e. The summed E-state index contributed by atoms with van der Waals surface area (Å²) >= 11 is 0. The highest BCUT2D eigenvalue weighted by atomic mass is 16.4.